The summed E-state index contributed by atoms with van der Waals surface area (Å²) in [5.41, 5.74) is 0.955. The predicted octanol–water partition coefficient (Wildman–Crippen LogP) is 2.52. The van der Waals surface area contributed by atoms with Crippen LogP contribution in [0, 0.1) is 11.3 Å². The third-order valence-corrected chi connectivity index (χ3v) is 2.43. The van der Waals surface area contributed by atoms with Crippen molar-refractivity contribution < 1.29 is 4.74 Å². The molecule has 0 atom stereocenters. The second-order valence-corrected chi connectivity index (χ2v) is 3.06. The molecule has 0 aliphatic carbocycles. The molecule has 0 heterocycles. The van der Waals surface area contributed by atoms with Crippen molar-refractivity contribution in [1.82, 2.24) is 0 Å². The molecule has 0 aliphatic rings. The zero-order chi connectivity index (χ0) is 8.97. The summed E-state index contributed by atoms with van der Waals surface area (Å²) < 4.78 is 5.95. The molecule has 0 fully saturated rings. The van der Waals surface area contributed by atoms with Crippen LogP contribution < -0.4 is 4.74 Å². The number of hydrogen-bond acceptors (Lipinski definition) is 2. The van der Waals surface area contributed by atoms with E-state index in [4.69, 9.17) is 10.00 Å². The number of nitriles is 1. The minimum atomic E-state index is 0.401. The summed E-state index contributed by atoms with van der Waals surface area (Å²) in [6.45, 7) is 0. The van der Waals surface area contributed by atoms with Gasteiger partial charge in [-0.2, -0.15) is 5.26 Å². The van der Waals surface area contributed by atoms with Crippen molar-refractivity contribution in [2.75, 3.05) is 7.11 Å². The van der Waals surface area contributed by atoms with Crippen molar-refractivity contribution in [3.8, 4) is 11.8 Å². The van der Waals surface area contributed by atoms with Crippen molar-refractivity contribution in [2.24, 2.45) is 0 Å². The minimum Gasteiger partial charge on any atom is -0.496 e. The number of benzene rings is 1. The molecule has 1 rings (SSSR count). The quantitative estimate of drug-likeness (QED) is 0.776. The Balaban J connectivity index is 3.07. The summed E-state index contributed by atoms with van der Waals surface area (Å²) in [7, 11) is 1.61. The van der Waals surface area contributed by atoms with Crippen molar-refractivity contribution >= 4 is 15.9 Å². The first-order valence-electron chi connectivity index (χ1n) is 3.48. The molecule has 0 spiro atoms. The lowest BCUT2D eigenvalue weighted by atomic mass is 10.1. The normalized spacial score (nSPS) is 9.08. The maximum Gasteiger partial charge on any atom is 0.133 e. The fourth-order valence-electron chi connectivity index (χ4n) is 0.936. The Hall–Kier alpha value is -1.01. The highest BCUT2D eigenvalue weighted by molar-refractivity contribution is 9.10. The van der Waals surface area contributed by atoms with Crippen LogP contribution in [0.1, 0.15) is 5.56 Å². The molecule has 12 heavy (non-hydrogen) atoms. The van der Waals surface area contributed by atoms with Gasteiger partial charge in [-0.1, -0.05) is 12.1 Å². The maximum atomic E-state index is 8.50. The van der Waals surface area contributed by atoms with Gasteiger partial charge in [0.1, 0.15) is 5.75 Å². The van der Waals surface area contributed by atoms with Crippen LogP contribution in [-0.4, -0.2) is 7.11 Å². The van der Waals surface area contributed by atoms with Crippen LogP contribution in [0.4, 0.5) is 0 Å². The topological polar surface area (TPSA) is 33.0 Å². The number of nitrogens with zero attached hydrogens (tertiary/aromatic N) is 1. The second kappa shape index (κ2) is 4.13. The number of ether oxygens (including phenoxy) is 1. The minimum absolute atomic E-state index is 0.401. The predicted molar refractivity (Wildman–Crippen MR) is 50.0 cm³/mol. The molecule has 0 amide bonds. The van der Waals surface area contributed by atoms with Crippen molar-refractivity contribution in [2.45, 2.75) is 6.42 Å². The maximum absolute atomic E-state index is 8.50. The first kappa shape index (κ1) is 9.08. The van der Waals surface area contributed by atoms with E-state index in [2.05, 4.69) is 22.0 Å². The molecule has 0 bridgehead atoms. The fraction of sp³-hybridized carbons (Fsp3) is 0.222. The number of methoxy groups -OCH3 is 1. The Morgan fingerprint density at radius 1 is 1.58 bits per heavy atom. The molecule has 0 unspecified atom stereocenters. The van der Waals surface area contributed by atoms with Crippen LogP contribution in [0.25, 0.3) is 0 Å². The van der Waals surface area contributed by atoms with E-state index in [0.29, 0.717) is 6.42 Å². The van der Waals surface area contributed by atoms with Crippen LogP contribution in [0.2, 0.25) is 0 Å². The highest BCUT2D eigenvalue weighted by atomic mass is 79.9. The van der Waals surface area contributed by atoms with Gasteiger partial charge in [0.05, 0.1) is 24.1 Å². The van der Waals surface area contributed by atoms with Crippen LogP contribution in [0.15, 0.2) is 22.7 Å². The Kier molecular flexibility index (Phi) is 3.12. The molecule has 0 aromatic heterocycles. The molecule has 0 saturated heterocycles. The summed E-state index contributed by atoms with van der Waals surface area (Å²) in [5, 5.41) is 8.50. The average molecular weight is 226 g/mol. The van der Waals surface area contributed by atoms with Gasteiger partial charge in [0.15, 0.2) is 0 Å². The molecule has 2 nitrogen and oxygen atoms in total. The van der Waals surface area contributed by atoms with E-state index in [9.17, 15) is 0 Å². The van der Waals surface area contributed by atoms with Gasteiger partial charge in [0.25, 0.3) is 0 Å². The number of halogens is 1. The van der Waals surface area contributed by atoms with Gasteiger partial charge in [-0.25, -0.2) is 0 Å². The Morgan fingerprint density at radius 2 is 2.33 bits per heavy atom. The van der Waals surface area contributed by atoms with Gasteiger partial charge in [0, 0.05) is 0 Å². The molecular weight excluding hydrogens is 218 g/mol. The summed E-state index contributed by atoms with van der Waals surface area (Å²) in [6.07, 6.45) is 0.401. The highest BCUT2D eigenvalue weighted by Gasteiger charge is 2.03. The van der Waals surface area contributed by atoms with E-state index in [0.717, 1.165) is 15.8 Å². The van der Waals surface area contributed by atoms with Crippen molar-refractivity contribution in [3.05, 3.63) is 28.2 Å². The number of hydrogen-bond donors (Lipinski definition) is 0. The number of rotatable bonds is 2. The molecule has 0 N–H and O–H groups in total. The second-order valence-electron chi connectivity index (χ2n) is 2.27. The molecule has 3 heteroatoms. The summed E-state index contributed by atoms with van der Waals surface area (Å²) >= 11 is 3.37. The van der Waals surface area contributed by atoms with Crippen LogP contribution in [-0.2, 0) is 6.42 Å². The summed E-state index contributed by atoms with van der Waals surface area (Å²) in [4.78, 5) is 0. The van der Waals surface area contributed by atoms with Crippen LogP contribution >= 0.6 is 15.9 Å². The zero-order valence-electron chi connectivity index (χ0n) is 6.67. The van der Waals surface area contributed by atoms with Crippen LogP contribution in [0.5, 0.6) is 5.75 Å². The van der Waals surface area contributed by atoms with E-state index >= 15 is 0 Å². The summed E-state index contributed by atoms with van der Waals surface area (Å²) in [5.74, 6) is 0.766. The Bertz CT molecular complexity index is 317. The molecule has 0 saturated carbocycles. The Morgan fingerprint density at radius 3 is 2.92 bits per heavy atom. The van der Waals surface area contributed by atoms with E-state index in [1.807, 2.05) is 18.2 Å². The van der Waals surface area contributed by atoms with Gasteiger partial charge in [-0.3, -0.25) is 0 Å². The lowest BCUT2D eigenvalue weighted by Gasteiger charge is -2.05. The van der Waals surface area contributed by atoms with Gasteiger partial charge in [-0.15, -0.1) is 0 Å². The van der Waals surface area contributed by atoms with Crippen molar-refractivity contribution in [1.29, 1.82) is 5.26 Å². The van der Waals surface area contributed by atoms with E-state index in [1.54, 1.807) is 7.11 Å². The van der Waals surface area contributed by atoms with Gasteiger partial charge >= 0.3 is 0 Å². The standard InChI is InChI=1S/C9H8BrNO/c1-12-8-4-2-3-7(5-6-11)9(8)10/h2-4H,5H2,1H3. The van der Waals surface area contributed by atoms with Gasteiger partial charge < -0.3 is 4.74 Å². The van der Waals surface area contributed by atoms with Gasteiger partial charge in [0.2, 0.25) is 0 Å². The summed E-state index contributed by atoms with van der Waals surface area (Å²) in [6, 6.07) is 7.71. The highest BCUT2D eigenvalue weighted by Crippen LogP contribution is 2.28. The van der Waals surface area contributed by atoms with E-state index in [1.165, 1.54) is 0 Å². The van der Waals surface area contributed by atoms with Crippen molar-refractivity contribution in [3.63, 3.8) is 0 Å². The van der Waals surface area contributed by atoms with Gasteiger partial charge in [-0.05, 0) is 27.6 Å². The zero-order valence-corrected chi connectivity index (χ0v) is 8.26. The SMILES string of the molecule is COc1cccc(CC#N)c1Br. The first-order chi connectivity index (χ1) is 5.79. The molecular formula is C9H8BrNO. The largest absolute Gasteiger partial charge is 0.496 e. The molecule has 0 aliphatic heterocycles. The lowest BCUT2D eigenvalue weighted by Crippen LogP contribution is -1.89. The monoisotopic (exact) mass is 225 g/mol. The van der Waals surface area contributed by atoms with Crippen LogP contribution in [0.3, 0.4) is 0 Å². The third kappa shape index (κ3) is 1.77. The first-order valence-corrected chi connectivity index (χ1v) is 4.27. The molecule has 62 valence electrons. The Labute approximate surface area is 79.9 Å². The third-order valence-electron chi connectivity index (χ3n) is 1.53. The van der Waals surface area contributed by atoms with E-state index in [-0.39, 0.29) is 0 Å². The molecule has 1 aromatic carbocycles. The molecule has 0 radical (unpaired) electrons. The molecule has 1 aromatic rings. The average Bonchev–Trinajstić information content (AvgIpc) is 2.09. The van der Waals surface area contributed by atoms with E-state index < -0.39 is 0 Å². The smallest absolute Gasteiger partial charge is 0.133 e. The lowest BCUT2D eigenvalue weighted by molar-refractivity contribution is 0.411. The fourth-order valence-corrected chi connectivity index (χ4v) is 1.50.